The number of hydrogen-bond donors (Lipinski definition) is 1. The molecule has 0 fully saturated rings. The molecule has 1 atom stereocenters. The Kier molecular flexibility index (Phi) is 5.08. The Bertz CT molecular complexity index is 1090. The maximum Gasteiger partial charge on any atom is 0.229 e. The molecule has 160 valence electrons. The van der Waals surface area contributed by atoms with Gasteiger partial charge in [0.2, 0.25) is 5.95 Å². The van der Waals surface area contributed by atoms with E-state index in [4.69, 9.17) is 9.72 Å². The molecule has 3 aromatic rings. The van der Waals surface area contributed by atoms with E-state index in [2.05, 4.69) is 57.3 Å². The minimum atomic E-state index is -0.198. The summed E-state index contributed by atoms with van der Waals surface area (Å²) in [6, 6.07) is 12.5. The Morgan fingerprint density at radius 2 is 2.06 bits per heavy atom. The van der Waals surface area contributed by atoms with E-state index in [0.29, 0.717) is 12.6 Å². The standard InChI is InChI=1S/C24H28N6O/c1-24(16-31-3)15-30(21-6-4-5-10-25-21)22-20(24)13-26-23(28-22)27-19-8-7-17-9-11-29(2)14-18(17)12-19/h4-8,10,12-13H,9,11,14-16H2,1-3H3,(H,26,27,28)/t24-/m1/s1. The van der Waals surface area contributed by atoms with Gasteiger partial charge in [0.15, 0.2) is 0 Å². The number of benzene rings is 1. The SMILES string of the molecule is COC[C@@]1(C)CN(c2ccccn2)c2nc(Nc3ccc4c(c3)CN(C)CC4)ncc21. The molecule has 2 aromatic heterocycles. The lowest BCUT2D eigenvalue weighted by Gasteiger charge is -2.25. The van der Waals surface area contributed by atoms with Gasteiger partial charge in [0, 0.05) is 55.8 Å². The van der Waals surface area contributed by atoms with E-state index >= 15 is 0 Å². The largest absolute Gasteiger partial charge is 0.384 e. The zero-order valence-electron chi connectivity index (χ0n) is 18.3. The fourth-order valence-electron chi connectivity index (χ4n) is 4.62. The van der Waals surface area contributed by atoms with Gasteiger partial charge >= 0.3 is 0 Å². The monoisotopic (exact) mass is 416 g/mol. The highest BCUT2D eigenvalue weighted by Crippen LogP contribution is 2.43. The van der Waals surface area contributed by atoms with E-state index in [9.17, 15) is 0 Å². The van der Waals surface area contributed by atoms with Crippen molar-refractivity contribution in [2.75, 3.05) is 44.1 Å². The molecule has 0 spiro atoms. The van der Waals surface area contributed by atoms with E-state index < -0.39 is 0 Å². The fourth-order valence-corrected chi connectivity index (χ4v) is 4.62. The maximum atomic E-state index is 5.53. The summed E-state index contributed by atoms with van der Waals surface area (Å²) >= 11 is 0. The van der Waals surface area contributed by atoms with E-state index in [0.717, 1.165) is 48.9 Å². The van der Waals surface area contributed by atoms with Gasteiger partial charge in [-0.25, -0.2) is 9.97 Å². The molecule has 4 heterocycles. The number of ether oxygens (including phenoxy) is 1. The topological polar surface area (TPSA) is 66.4 Å². The molecule has 2 aliphatic heterocycles. The second-order valence-electron chi connectivity index (χ2n) is 8.79. The molecule has 0 saturated carbocycles. The molecule has 5 rings (SSSR count). The van der Waals surface area contributed by atoms with Gasteiger partial charge in [0.1, 0.15) is 11.6 Å². The van der Waals surface area contributed by atoms with Gasteiger partial charge in [0.05, 0.1) is 6.61 Å². The van der Waals surface area contributed by atoms with E-state index in [1.54, 1.807) is 7.11 Å². The quantitative estimate of drug-likeness (QED) is 0.681. The molecule has 7 nitrogen and oxygen atoms in total. The molecule has 0 bridgehead atoms. The van der Waals surface area contributed by atoms with Crippen LogP contribution in [-0.2, 0) is 23.1 Å². The van der Waals surface area contributed by atoms with Crippen LogP contribution in [0.1, 0.15) is 23.6 Å². The van der Waals surface area contributed by atoms with E-state index in [1.807, 2.05) is 30.6 Å². The molecule has 0 radical (unpaired) electrons. The van der Waals surface area contributed by atoms with Crippen molar-refractivity contribution in [1.29, 1.82) is 0 Å². The molecule has 0 unspecified atom stereocenters. The Balaban J connectivity index is 1.48. The molecule has 1 aromatic carbocycles. The van der Waals surface area contributed by atoms with Crippen molar-refractivity contribution in [3.05, 3.63) is 65.5 Å². The highest BCUT2D eigenvalue weighted by molar-refractivity contribution is 5.69. The average molecular weight is 417 g/mol. The third-order valence-corrected chi connectivity index (χ3v) is 6.24. The summed E-state index contributed by atoms with van der Waals surface area (Å²) in [5.41, 5.74) is 4.68. The summed E-state index contributed by atoms with van der Waals surface area (Å²) in [5.74, 6) is 2.35. The lowest BCUT2D eigenvalue weighted by atomic mass is 9.87. The van der Waals surface area contributed by atoms with Gasteiger partial charge < -0.3 is 19.9 Å². The second-order valence-corrected chi connectivity index (χ2v) is 8.79. The number of hydrogen-bond acceptors (Lipinski definition) is 7. The Hall–Kier alpha value is -3.03. The molecule has 31 heavy (non-hydrogen) atoms. The zero-order chi connectivity index (χ0) is 21.4. The highest BCUT2D eigenvalue weighted by Gasteiger charge is 2.42. The molecular formula is C24H28N6O. The van der Waals surface area contributed by atoms with Crippen LogP contribution < -0.4 is 10.2 Å². The number of anilines is 4. The average Bonchev–Trinajstić information content (AvgIpc) is 3.06. The van der Waals surface area contributed by atoms with Crippen LogP contribution >= 0.6 is 0 Å². The number of fused-ring (bicyclic) bond motifs is 2. The van der Waals surface area contributed by atoms with Gasteiger partial charge in [-0.2, -0.15) is 4.98 Å². The lowest BCUT2D eigenvalue weighted by molar-refractivity contribution is 0.145. The molecule has 1 N–H and O–H groups in total. The second kappa shape index (κ2) is 7.90. The maximum absolute atomic E-state index is 5.53. The van der Waals surface area contributed by atoms with E-state index in [-0.39, 0.29) is 5.41 Å². The summed E-state index contributed by atoms with van der Waals surface area (Å²) in [6.07, 6.45) is 4.84. The number of nitrogens with zero attached hydrogens (tertiary/aromatic N) is 5. The Morgan fingerprint density at radius 1 is 1.16 bits per heavy atom. The van der Waals surface area contributed by atoms with Gasteiger partial charge in [-0.1, -0.05) is 19.1 Å². The summed E-state index contributed by atoms with van der Waals surface area (Å²) < 4.78 is 5.53. The molecule has 7 heteroatoms. The van der Waals surface area contributed by atoms with Crippen molar-refractivity contribution in [2.45, 2.75) is 25.3 Å². The predicted molar refractivity (Wildman–Crippen MR) is 122 cm³/mol. The van der Waals surface area contributed by atoms with Crippen LogP contribution in [0.5, 0.6) is 0 Å². The lowest BCUT2D eigenvalue weighted by Crippen LogP contribution is -2.33. The number of pyridine rings is 1. The summed E-state index contributed by atoms with van der Waals surface area (Å²) in [7, 11) is 3.90. The van der Waals surface area contributed by atoms with Crippen LogP contribution in [0.15, 0.2) is 48.8 Å². The van der Waals surface area contributed by atoms with Crippen LogP contribution in [0.4, 0.5) is 23.3 Å². The Morgan fingerprint density at radius 3 is 2.87 bits per heavy atom. The van der Waals surface area contributed by atoms with Gasteiger partial charge in [-0.3, -0.25) is 0 Å². The van der Waals surface area contributed by atoms with Gasteiger partial charge in [-0.05, 0) is 48.9 Å². The molecular weight excluding hydrogens is 388 g/mol. The van der Waals surface area contributed by atoms with Crippen molar-refractivity contribution in [3.8, 4) is 0 Å². The van der Waals surface area contributed by atoms with Crippen molar-refractivity contribution in [1.82, 2.24) is 19.9 Å². The number of aromatic nitrogens is 3. The first kappa shape index (κ1) is 19.9. The fraction of sp³-hybridized carbons (Fsp3) is 0.375. The van der Waals surface area contributed by atoms with Crippen LogP contribution in [0, 0.1) is 0 Å². The number of rotatable bonds is 5. The predicted octanol–water partition coefficient (Wildman–Crippen LogP) is 3.66. The van der Waals surface area contributed by atoms with Crippen LogP contribution in [0.3, 0.4) is 0 Å². The first-order valence-electron chi connectivity index (χ1n) is 10.7. The molecule has 2 aliphatic rings. The van der Waals surface area contributed by atoms with E-state index in [1.165, 1.54) is 11.1 Å². The van der Waals surface area contributed by atoms with Crippen molar-refractivity contribution < 1.29 is 4.74 Å². The first-order chi connectivity index (χ1) is 15.1. The molecule has 0 saturated heterocycles. The van der Waals surface area contributed by atoms with Crippen LogP contribution in [-0.4, -0.2) is 53.7 Å². The molecule has 0 aliphatic carbocycles. The van der Waals surface area contributed by atoms with Gasteiger partial charge in [0.25, 0.3) is 0 Å². The third kappa shape index (κ3) is 3.75. The molecule has 0 amide bonds. The number of methoxy groups -OCH3 is 1. The van der Waals surface area contributed by atoms with Crippen molar-refractivity contribution in [2.24, 2.45) is 0 Å². The highest BCUT2D eigenvalue weighted by atomic mass is 16.5. The summed E-state index contributed by atoms with van der Waals surface area (Å²) in [5, 5.41) is 3.41. The summed E-state index contributed by atoms with van der Waals surface area (Å²) in [6.45, 7) is 5.61. The number of nitrogens with one attached hydrogen (secondary N) is 1. The van der Waals surface area contributed by atoms with Crippen LogP contribution in [0.25, 0.3) is 0 Å². The minimum absolute atomic E-state index is 0.198. The van der Waals surface area contributed by atoms with Gasteiger partial charge in [-0.15, -0.1) is 0 Å². The Labute approximate surface area is 183 Å². The normalized spacial score (nSPS) is 20.4. The number of likely N-dealkylation sites (N-methyl/N-ethyl adjacent to an activating group) is 1. The van der Waals surface area contributed by atoms with Crippen molar-refractivity contribution >= 4 is 23.3 Å². The van der Waals surface area contributed by atoms with Crippen LogP contribution in [0.2, 0.25) is 0 Å². The van der Waals surface area contributed by atoms with Crippen molar-refractivity contribution in [3.63, 3.8) is 0 Å². The third-order valence-electron chi connectivity index (χ3n) is 6.24. The zero-order valence-corrected chi connectivity index (χ0v) is 18.3. The first-order valence-corrected chi connectivity index (χ1v) is 10.7. The minimum Gasteiger partial charge on any atom is -0.384 e. The summed E-state index contributed by atoms with van der Waals surface area (Å²) in [4.78, 5) is 18.6. The smallest absolute Gasteiger partial charge is 0.229 e.